The highest BCUT2D eigenvalue weighted by molar-refractivity contribution is 5.93. The average molecular weight is 544 g/mol. The molecule has 2 aromatic heterocycles. The first-order valence-corrected chi connectivity index (χ1v) is 13.2. The Kier molecular flexibility index (Phi) is 8.34. The Hall–Kier alpha value is -4.33. The van der Waals surface area contributed by atoms with E-state index in [1.807, 2.05) is 30.3 Å². The van der Waals surface area contributed by atoms with E-state index >= 15 is 4.39 Å². The zero-order valence-corrected chi connectivity index (χ0v) is 22.2. The van der Waals surface area contributed by atoms with Gasteiger partial charge in [-0.1, -0.05) is 18.2 Å². The molecular weight excluding hydrogens is 513 g/mol. The third-order valence-electron chi connectivity index (χ3n) is 7.26. The van der Waals surface area contributed by atoms with E-state index in [0.717, 1.165) is 37.2 Å². The quantitative estimate of drug-likeness (QED) is 0.305. The number of fused-ring (bicyclic) bond motifs is 1. The molecule has 0 amide bonds. The molecule has 1 saturated heterocycles. The highest BCUT2D eigenvalue weighted by Gasteiger charge is 2.25. The SMILES string of the molecule is COCCn1c(CN2CCC(c3cccc(OCc4ccc(C#N)cc4)n3)CC2)nc2ccc(C(=O)O)c(F)c21. The van der Waals surface area contributed by atoms with Crippen LogP contribution in [0, 0.1) is 17.1 Å². The van der Waals surface area contributed by atoms with Gasteiger partial charge in [0, 0.05) is 31.3 Å². The summed E-state index contributed by atoms with van der Waals surface area (Å²) in [6.07, 6.45) is 1.81. The second-order valence-corrected chi connectivity index (χ2v) is 9.82. The van der Waals surface area contributed by atoms with Gasteiger partial charge in [-0.15, -0.1) is 0 Å². The Morgan fingerprint density at radius 2 is 1.90 bits per heavy atom. The molecule has 0 atom stereocenters. The van der Waals surface area contributed by atoms with Crippen LogP contribution in [0.25, 0.3) is 11.0 Å². The van der Waals surface area contributed by atoms with E-state index in [9.17, 15) is 9.90 Å². The number of imidazole rings is 1. The number of pyridine rings is 1. The molecule has 0 spiro atoms. The molecule has 4 aromatic rings. The Morgan fingerprint density at radius 3 is 2.60 bits per heavy atom. The first-order chi connectivity index (χ1) is 19.5. The summed E-state index contributed by atoms with van der Waals surface area (Å²) in [4.78, 5) is 23.2. The number of piperidine rings is 1. The number of benzene rings is 2. The molecule has 0 radical (unpaired) electrons. The molecule has 1 aliphatic rings. The van der Waals surface area contributed by atoms with Crippen LogP contribution in [0.15, 0.2) is 54.6 Å². The highest BCUT2D eigenvalue weighted by atomic mass is 19.1. The maximum absolute atomic E-state index is 15.1. The smallest absolute Gasteiger partial charge is 0.338 e. The number of ether oxygens (including phenoxy) is 2. The largest absolute Gasteiger partial charge is 0.478 e. The summed E-state index contributed by atoms with van der Waals surface area (Å²) < 4.78 is 28.0. The van der Waals surface area contributed by atoms with Crippen molar-refractivity contribution in [2.75, 3.05) is 26.8 Å². The third-order valence-corrected chi connectivity index (χ3v) is 7.26. The number of hydrogen-bond acceptors (Lipinski definition) is 7. The number of hydrogen-bond donors (Lipinski definition) is 1. The van der Waals surface area contributed by atoms with E-state index < -0.39 is 11.8 Å². The minimum Gasteiger partial charge on any atom is -0.478 e. The summed E-state index contributed by atoms with van der Waals surface area (Å²) in [6, 6.07) is 18.1. The number of carboxylic acid groups (broad SMARTS) is 1. The Morgan fingerprint density at radius 1 is 1.12 bits per heavy atom. The lowest BCUT2D eigenvalue weighted by molar-refractivity contribution is 0.0692. The standard InChI is InChI=1S/C30H30FN5O4/c1-39-16-15-36-26(33-25-10-9-23(30(37)38)28(31)29(25)36)18-35-13-11-22(12-14-35)24-3-2-4-27(34-24)40-19-21-7-5-20(17-32)6-8-21/h2-10,22H,11-16,18-19H2,1H3,(H,37,38). The van der Waals surface area contributed by atoms with Gasteiger partial charge >= 0.3 is 5.97 Å². The Balaban J connectivity index is 1.24. The van der Waals surface area contributed by atoms with Crippen LogP contribution in [0.3, 0.4) is 0 Å². The van der Waals surface area contributed by atoms with Crippen LogP contribution in [0.4, 0.5) is 4.39 Å². The molecule has 40 heavy (non-hydrogen) atoms. The molecule has 206 valence electrons. The molecule has 0 aliphatic carbocycles. The van der Waals surface area contributed by atoms with E-state index in [1.165, 1.54) is 6.07 Å². The third kappa shape index (κ3) is 5.96. The van der Waals surface area contributed by atoms with Gasteiger partial charge in [-0.2, -0.15) is 5.26 Å². The van der Waals surface area contributed by atoms with Crippen molar-refractivity contribution in [3.63, 3.8) is 0 Å². The first-order valence-electron chi connectivity index (χ1n) is 13.2. The van der Waals surface area contributed by atoms with Gasteiger partial charge in [-0.3, -0.25) is 4.90 Å². The number of nitrogens with zero attached hydrogens (tertiary/aromatic N) is 5. The van der Waals surface area contributed by atoms with Gasteiger partial charge in [0.15, 0.2) is 5.82 Å². The molecule has 1 fully saturated rings. The zero-order valence-electron chi connectivity index (χ0n) is 22.2. The predicted octanol–water partition coefficient (Wildman–Crippen LogP) is 4.75. The molecule has 5 rings (SSSR count). The summed E-state index contributed by atoms with van der Waals surface area (Å²) >= 11 is 0. The molecule has 2 aromatic carbocycles. The molecule has 1 N–H and O–H groups in total. The number of methoxy groups -OCH3 is 1. The molecule has 0 bridgehead atoms. The minimum absolute atomic E-state index is 0.198. The van der Waals surface area contributed by atoms with Gasteiger partial charge < -0.3 is 19.1 Å². The van der Waals surface area contributed by atoms with Crippen LogP contribution in [0.2, 0.25) is 0 Å². The fourth-order valence-corrected chi connectivity index (χ4v) is 5.10. The molecule has 0 saturated carbocycles. The second-order valence-electron chi connectivity index (χ2n) is 9.82. The maximum atomic E-state index is 15.1. The summed E-state index contributed by atoms with van der Waals surface area (Å²) in [5.74, 6) is -0.537. The lowest BCUT2D eigenvalue weighted by Crippen LogP contribution is -2.33. The molecule has 1 aliphatic heterocycles. The Labute approximate surface area is 231 Å². The number of rotatable bonds is 10. The monoisotopic (exact) mass is 543 g/mol. The van der Waals surface area contributed by atoms with Crippen LogP contribution < -0.4 is 4.74 Å². The van der Waals surface area contributed by atoms with E-state index in [-0.39, 0.29) is 17.0 Å². The fraction of sp³-hybridized carbons (Fsp3) is 0.333. The maximum Gasteiger partial charge on any atom is 0.338 e. The summed E-state index contributed by atoms with van der Waals surface area (Å²) in [6.45, 7) is 3.26. The molecule has 3 heterocycles. The van der Waals surface area contributed by atoms with Crippen molar-refractivity contribution < 1.29 is 23.8 Å². The van der Waals surface area contributed by atoms with Crippen molar-refractivity contribution in [1.29, 1.82) is 5.26 Å². The van der Waals surface area contributed by atoms with Crippen molar-refractivity contribution >= 4 is 17.0 Å². The van der Waals surface area contributed by atoms with Crippen molar-refractivity contribution in [3.8, 4) is 11.9 Å². The highest BCUT2D eigenvalue weighted by Crippen LogP contribution is 2.30. The zero-order chi connectivity index (χ0) is 28.1. The van der Waals surface area contributed by atoms with Crippen molar-refractivity contribution in [2.45, 2.75) is 38.5 Å². The number of likely N-dealkylation sites (tertiary alicyclic amines) is 1. The van der Waals surface area contributed by atoms with Crippen molar-refractivity contribution in [2.24, 2.45) is 0 Å². The van der Waals surface area contributed by atoms with E-state index in [0.29, 0.717) is 49.1 Å². The van der Waals surface area contributed by atoms with Crippen molar-refractivity contribution in [1.82, 2.24) is 19.4 Å². The normalized spacial score (nSPS) is 14.3. The number of aromatic nitrogens is 3. The van der Waals surface area contributed by atoms with E-state index in [1.54, 1.807) is 29.9 Å². The second kappa shape index (κ2) is 12.2. The predicted molar refractivity (Wildman–Crippen MR) is 146 cm³/mol. The number of carbonyl (C=O) groups is 1. The van der Waals surface area contributed by atoms with Crippen LogP contribution in [-0.2, 0) is 24.4 Å². The van der Waals surface area contributed by atoms with Gasteiger partial charge in [0.05, 0.1) is 35.9 Å². The molecule has 9 nitrogen and oxygen atoms in total. The summed E-state index contributed by atoms with van der Waals surface area (Å²) in [7, 11) is 1.57. The van der Waals surface area contributed by atoms with Gasteiger partial charge in [-0.05, 0) is 61.8 Å². The van der Waals surface area contributed by atoms with Crippen LogP contribution in [0.1, 0.15) is 51.8 Å². The average Bonchev–Trinajstić information content (AvgIpc) is 3.33. The summed E-state index contributed by atoms with van der Waals surface area (Å²) in [5.41, 5.74) is 2.84. The molecule has 10 heteroatoms. The van der Waals surface area contributed by atoms with Crippen LogP contribution in [0.5, 0.6) is 5.88 Å². The number of nitriles is 1. The van der Waals surface area contributed by atoms with Gasteiger partial charge in [0.25, 0.3) is 0 Å². The first kappa shape index (κ1) is 27.2. The van der Waals surface area contributed by atoms with Crippen LogP contribution in [-0.4, -0.2) is 57.3 Å². The Bertz CT molecular complexity index is 1540. The van der Waals surface area contributed by atoms with E-state index in [4.69, 9.17) is 19.7 Å². The molecular formula is C30H30FN5O4. The van der Waals surface area contributed by atoms with E-state index in [2.05, 4.69) is 16.0 Å². The topological polar surface area (TPSA) is 114 Å². The van der Waals surface area contributed by atoms with Crippen molar-refractivity contribution in [3.05, 3.63) is 88.6 Å². The number of carboxylic acids is 1. The minimum atomic E-state index is -1.31. The number of halogens is 1. The lowest BCUT2D eigenvalue weighted by atomic mass is 9.93. The van der Waals surface area contributed by atoms with Gasteiger partial charge in [0.1, 0.15) is 17.9 Å². The lowest BCUT2D eigenvalue weighted by Gasteiger charge is -2.31. The molecule has 0 unspecified atom stereocenters. The van der Waals surface area contributed by atoms with Crippen LogP contribution >= 0.6 is 0 Å². The summed E-state index contributed by atoms with van der Waals surface area (Å²) in [5, 5.41) is 18.3. The van der Waals surface area contributed by atoms with Gasteiger partial charge in [0.2, 0.25) is 5.88 Å². The fourth-order valence-electron chi connectivity index (χ4n) is 5.10. The number of aromatic carboxylic acids is 1. The van der Waals surface area contributed by atoms with Gasteiger partial charge in [-0.25, -0.2) is 19.2 Å².